The average molecular weight is 404 g/mol. The Kier molecular flexibility index (Phi) is 6.05. The van der Waals surface area contributed by atoms with Crippen molar-refractivity contribution in [2.24, 2.45) is 21.9 Å². The Morgan fingerprint density at radius 3 is 2.71 bits per heavy atom. The number of nitrogens with zero attached hydrogens (tertiary/aromatic N) is 3. The maximum absolute atomic E-state index is 13.4. The third-order valence-electron chi connectivity index (χ3n) is 5.97. The first kappa shape index (κ1) is 20.7. The first-order chi connectivity index (χ1) is 13.2. The molecule has 1 fully saturated rings. The minimum atomic E-state index is -0.130. The van der Waals surface area contributed by atoms with E-state index in [2.05, 4.69) is 40.9 Å². The number of aliphatic imine (C=N–C) groups is 1. The van der Waals surface area contributed by atoms with Gasteiger partial charge in [0.1, 0.15) is 0 Å². The van der Waals surface area contributed by atoms with Crippen LogP contribution in [0.1, 0.15) is 42.8 Å². The number of aromatic nitrogens is 1. The molecule has 0 spiro atoms. The molecule has 1 saturated heterocycles. The summed E-state index contributed by atoms with van der Waals surface area (Å²) < 4.78 is 13.4. The van der Waals surface area contributed by atoms with Crippen LogP contribution in [0.5, 0.6) is 0 Å². The maximum atomic E-state index is 13.4. The summed E-state index contributed by atoms with van der Waals surface area (Å²) in [4.78, 5) is 12.4. The van der Waals surface area contributed by atoms with Crippen molar-refractivity contribution in [1.82, 2.24) is 9.88 Å². The molecule has 1 atom stereocenters. The van der Waals surface area contributed by atoms with E-state index < -0.39 is 0 Å². The number of pyridine rings is 1. The van der Waals surface area contributed by atoms with E-state index in [4.69, 9.17) is 11.5 Å². The van der Waals surface area contributed by atoms with Crippen LogP contribution < -0.4 is 11.5 Å². The van der Waals surface area contributed by atoms with E-state index in [1.807, 2.05) is 19.2 Å². The third-order valence-corrected chi connectivity index (χ3v) is 6.91. The monoisotopic (exact) mass is 403 g/mol. The SMILES string of the molecule is Cc1ccc(C(C)(C)N2CC[C@](CCc3ccc(F)s3)(CN=C(N)N)C2)cn1. The van der Waals surface area contributed by atoms with Gasteiger partial charge < -0.3 is 11.5 Å². The molecule has 5 nitrogen and oxygen atoms in total. The van der Waals surface area contributed by atoms with Crippen LogP contribution in [0, 0.1) is 17.5 Å². The van der Waals surface area contributed by atoms with Gasteiger partial charge in [0.05, 0.1) is 0 Å². The van der Waals surface area contributed by atoms with E-state index in [0.29, 0.717) is 6.54 Å². The summed E-state index contributed by atoms with van der Waals surface area (Å²) in [6, 6.07) is 7.64. The highest BCUT2D eigenvalue weighted by molar-refractivity contribution is 7.10. The predicted octanol–water partition coefficient (Wildman–Crippen LogP) is 3.42. The van der Waals surface area contributed by atoms with Crippen molar-refractivity contribution in [3.63, 3.8) is 0 Å². The second-order valence-corrected chi connectivity index (χ2v) is 9.48. The van der Waals surface area contributed by atoms with Gasteiger partial charge in [0, 0.05) is 40.8 Å². The van der Waals surface area contributed by atoms with Gasteiger partial charge in [-0.2, -0.15) is 4.39 Å². The van der Waals surface area contributed by atoms with Gasteiger partial charge in [0.2, 0.25) is 0 Å². The molecular weight excluding hydrogens is 373 g/mol. The molecule has 0 unspecified atom stereocenters. The quantitative estimate of drug-likeness (QED) is 0.548. The van der Waals surface area contributed by atoms with Gasteiger partial charge in [0.25, 0.3) is 0 Å². The molecule has 4 N–H and O–H groups in total. The molecule has 0 radical (unpaired) electrons. The molecule has 7 heteroatoms. The lowest BCUT2D eigenvalue weighted by Crippen LogP contribution is -2.42. The first-order valence-electron chi connectivity index (χ1n) is 9.68. The molecule has 0 aromatic carbocycles. The minimum absolute atomic E-state index is 0.0140. The maximum Gasteiger partial charge on any atom is 0.185 e. The van der Waals surface area contributed by atoms with E-state index in [9.17, 15) is 4.39 Å². The summed E-state index contributed by atoms with van der Waals surface area (Å²) in [7, 11) is 0. The van der Waals surface area contributed by atoms with E-state index in [1.165, 1.54) is 23.0 Å². The minimum Gasteiger partial charge on any atom is -0.370 e. The van der Waals surface area contributed by atoms with Gasteiger partial charge in [-0.25, -0.2) is 0 Å². The first-order valence-corrected chi connectivity index (χ1v) is 10.5. The highest BCUT2D eigenvalue weighted by Gasteiger charge is 2.43. The molecule has 1 aliphatic rings. The molecule has 3 heterocycles. The lowest BCUT2D eigenvalue weighted by Gasteiger charge is -2.38. The fraction of sp³-hybridized carbons (Fsp3) is 0.524. The molecule has 0 saturated carbocycles. The van der Waals surface area contributed by atoms with Gasteiger partial charge in [-0.3, -0.25) is 14.9 Å². The second-order valence-electron chi connectivity index (χ2n) is 8.37. The van der Waals surface area contributed by atoms with Crippen LogP contribution in [0.3, 0.4) is 0 Å². The fourth-order valence-corrected chi connectivity index (χ4v) is 4.70. The number of guanidine groups is 1. The molecule has 0 aliphatic carbocycles. The third kappa shape index (κ3) is 4.70. The van der Waals surface area contributed by atoms with Gasteiger partial charge in [-0.15, -0.1) is 11.3 Å². The van der Waals surface area contributed by atoms with Crippen molar-refractivity contribution < 1.29 is 4.39 Å². The number of aryl methyl sites for hydroxylation is 2. The number of hydrogen-bond donors (Lipinski definition) is 2. The largest absolute Gasteiger partial charge is 0.370 e. The number of hydrogen-bond acceptors (Lipinski definition) is 4. The zero-order valence-electron chi connectivity index (χ0n) is 16.9. The fourth-order valence-electron chi connectivity index (χ4n) is 3.97. The lowest BCUT2D eigenvalue weighted by molar-refractivity contribution is 0.130. The van der Waals surface area contributed by atoms with Crippen molar-refractivity contribution in [3.8, 4) is 0 Å². The summed E-state index contributed by atoms with van der Waals surface area (Å²) in [5, 5.41) is -0.130. The molecule has 3 rings (SSSR count). The Morgan fingerprint density at radius 1 is 1.32 bits per heavy atom. The van der Waals surface area contributed by atoms with Crippen LogP contribution >= 0.6 is 11.3 Å². The zero-order valence-corrected chi connectivity index (χ0v) is 17.7. The van der Waals surface area contributed by atoms with Crippen molar-refractivity contribution >= 4 is 17.3 Å². The molecule has 2 aromatic rings. The molecule has 2 aromatic heterocycles. The van der Waals surface area contributed by atoms with E-state index >= 15 is 0 Å². The molecular formula is C21H30FN5S. The van der Waals surface area contributed by atoms with Crippen LogP contribution in [0.4, 0.5) is 4.39 Å². The highest BCUT2D eigenvalue weighted by atomic mass is 32.1. The Labute approximate surface area is 170 Å². The zero-order chi connectivity index (χ0) is 20.4. The van der Waals surface area contributed by atoms with Gasteiger partial charge in [-0.1, -0.05) is 6.07 Å². The second kappa shape index (κ2) is 8.17. The van der Waals surface area contributed by atoms with Crippen LogP contribution in [0.15, 0.2) is 35.5 Å². The molecule has 0 bridgehead atoms. The standard InChI is InChI=1S/C21H30FN5S/c1-15-4-5-16(12-25-15)20(2,3)27-11-10-21(14-27,13-26-19(23)24)9-8-17-6-7-18(22)28-17/h4-7,12H,8-11,13-14H2,1-3H3,(H4,23,24,26)/t21-/m1/s1. The number of likely N-dealkylation sites (tertiary alicyclic amines) is 1. The Bertz CT molecular complexity index is 826. The number of nitrogens with two attached hydrogens (primary N) is 2. The van der Waals surface area contributed by atoms with Crippen molar-refractivity contribution in [2.75, 3.05) is 19.6 Å². The predicted molar refractivity (Wildman–Crippen MR) is 114 cm³/mol. The summed E-state index contributed by atoms with van der Waals surface area (Å²) in [5.41, 5.74) is 13.3. The van der Waals surface area contributed by atoms with Crippen molar-refractivity contribution in [2.45, 2.75) is 45.6 Å². The molecule has 0 amide bonds. The van der Waals surface area contributed by atoms with Crippen molar-refractivity contribution in [1.29, 1.82) is 0 Å². The Balaban J connectivity index is 1.77. The van der Waals surface area contributed by atoms with Gasteiger partial charge in [0.15, 0.2) is 11.1 Å². The van der Waals surface area contributed by atoms with Crippen LogP contribution in [0.25, 0.3) is 0 Å². The summed E-state index contributed by atoms with van der Waals surface area (Å²) in [5.74, 6) is 0.127. The van der Waals surface area contributed by atoms with Crippen LogP contribution in [-0.2, 0) is 12.0 Å². The van der Waals surface area contributed by atoms with Gasteiger partial charge in [-0.05, 0) is 70.3 Å². The summed E-state index contributed by atoms with van der Waals surface area (Å²) in [6.07, 6.45) is 4.76. The smallest absolute Gasteiger partial charge is 0.185 e. The van der Waals surface area contributed by atoms with E-state index in [-0.39, 0.29) is 22.0 Å². The molecule has 152 valence electrons. The molecule has 1 aliphatic heterocycles. The van der Waals surface area contributed by atoms with E-state index in [0.717, 1.165) is 42.9 Å². The normalized spacial score (nSPS) is 20.4. The number of rotatable bonds is 7. The summed E-state index contributed by atoms with van der Waals surface area (Å²) >= 11 is 1.22. The topological polar surface area (TPSA) is 80.5 Å². The average Bonchev–Trinajstić information content (AvgIpc) is 3.26. The van der Waals surface area contributed by atoms with Crippen molar-refractivity contribution in [3.05, 3.63) is 51.7 Å². The van der Waals surface area contributed by atoms with Crippen LogP contribution in [-0.4, -0.2) is 35.5 Å². The summed E-state index contributed by atoms with van der Waals surface area (Å²) in [6.45, 7) is 8.95. The highest BCUT2D eigenvalue weighted by Crippen LogP contribution is 2.42. The van der Waals surface area contributed by atoms with E-state index in [1.54, 1.807) is 0 Å². The number of thiophene rings is 1. The number of halogens is 1. The van der Waals surface area contributed by atoms with Crippen LogP contribution in [0.2, 0.25) is 0 Å². The Hall–Kier alpha value is -1.99. The molecule has 28 heavy (non-hydrogen) atoms. The lowest BCUT2D eigenvalue weighted by atomic mass is 9.81. The van der Waals surface area contributed by atoms with Gasteiger partial charge >= 0.3 is 0 Å². The Morgan fingerprint density at radius 2 is 2.11 bits per heavy atom.